The van der Waals surface area contributed by atoms with E-state index in [0.717, 1.165) is 6.20 Å². The van der Waals surface area contributed by atoms with Crippen molar-refractivity contribution in [3.63, 3.8) is 0 Å². The molecule has 0 aliphatic heterocycles. The fraction of sp³-hybridized carbons (Fsp3) is 0.400. The minimum absolute atomic E-state index is 0.0543. The molecule has 0 amide bonds. The van der Waals surface area contributed by atoms with Crippen molar-refractivity contribution in [1.29, 1.82) is 0 Å². The molecule has 0 saturated heterocycles. The van der Waals surface area contributed by atoms with Crippen LogP contribution in [0, 0.1) is 0 Å². The molecule has 0 aliphatic rings. The molecule has 9 nitrogen and oxygen atoms in total. The zero-order valence-electron chi connectivity index (χ0n) is 7.86. The second-order valence-electron chi connectivity index (χ2n) is 2.19. The van der Waals surface area contributed by atoms with E-state index in [9.17, 15) is 8.42 Å². The quantitative estimate of drug-likeness (QED) is 0.445. The fourth-order valence-corrected chi connectivity index (χ4v) is 0.782. The standard InChI is InChI=1S/C3H6N4O4S.C2H6O/c4-2-1-7(6-3(2)5)11-12(8,9)10;1-2-3/h1H,4H2,(H2,5,6)(H,8,9,10);3H,2H2,1H3. The van der Waals surface area contributed by atoms with Gasteiger partial charge in [-0.15, -0.1) is 5.10 Å². The van der Waals surface area contributed by atoms with Gasteiger partial charge in [-0.05, 0) is 6.92 Å². The van der Waals surface area contributed by atoms with Crippen LogP contribution >= 0.6 is 0 Å². The Kier molecular flexibility index (Phi) is 4.84. The summed E-state index contributed by atoms with van der Waals surface area (Å²) < 4.78 is 32.3. The number of nitrogens with zero attached hydrogens (tertiary/aromatic N) is 2. The van der Waals surface area contributed by atoms with Crippen molar-refractivity contribution in [3.05, 3.63) is 6.20 Å². The lowest BCUT2D eigenvalue weighted by molar-refractivity contribution is 0.209. The summed E-state index contributed by atoms with van der Waals surface area (Å²) in [7, 11) is -4.59. The third kappa shape index (κ3) is 5.72. The third-order valence-electron chi connectivity index (χ3n) is 0.922. The molecular formula is C5H12N4O5S. The monoisotopic (exact) mass is 240 g/mol. The van der Waals surface area contributed by atoms with Crippen LogP contribution < -0.4 is 15.8 Å². The SMILES string of the molecule is CCO.Nc1cn(OS(=O)(=O)O)nc1N. The first-order valence-electron chi connectivity index (χ1n) is 3.69. The van der Waals surface area contributed by atoms with E-state index in [1.54, 1.807) is 6.92 Å². The molecular weight excluding hydrogens is 228 g/mol. The second-order valence-corrected chi connectivity index (χ2v) is 3.20. The number of aromatic nitrogens is 2. The molecule has 1 heterocycles. The molecule has 6 N–H and O–H groups in total. The molecule has 1 aromatic heterocycles. The van der Waals surface area contributed by atoms with Crippen molar-refractivity contribution in [3.8, 4) is 0 Å². The molecule has 0 unspecified atom stereocenters. The second kappa shape index (κ2) is 5.38. The maximum Gasteiger partial charge on any atom is 0.466 e. The maximum absolute atomic E-state index is 10.1. The summed E-state index contributed by atoms with van der Waals surface area (Å²) in [5.74, 6) is -0.0846. The van der Waals surface area contributed by atoms with Gasteiger partial charge in [-0.2, -0.15) is 8.42 Å². The van der Waals surface area contributed by atoms with E-state index in [-0.39, 0.29) is 18.1 Å². The predicted molar refractivity (Wildman–Crippen MR) is 51.9 cm³/mol. The van der Waals surface area contributed by atoms with Gasteiger partial charge in [0.25, 0.3) is 0 Å². The van der Waals surface area contributed by atoms with Crippen LogP contribution in [0.5, 0.6) is 0 Å². The molecule has 88 valence electrons. The fourth-order valence-electron chi connectivity index (χ4n) is 0.513. The van der Waals surface area contributed by atoms with Crippen LogP contribution in [0.2, 0.25) is 0 Å². The van der Waals surface area contributed by atoms with E-state index in [0.29, 0.717) is 4.85 Å². The molecule has 10 heteroatoms. The van der Waals surface area contributed by atoms with Crippen LogP contribution in [0.15, 0.2) is 6.20 Å². The molecule has 1 aromatic rings. The van der Waals surface area contributed by atoms with E-state index >= 15 is 0 Å². The number of hydrogen-bond donors (Lipinski definition) is 4. The number of nitrogen functional groups attached to an aromatic ring is 2. The molecule has 0 fully saturated rings. The number of nitrogens with two attached hydrogens (primary N) is 2. The molecule has 0 saturated carbocycles. The number of rotatable bonds is 2. The summed E-state index contributed by atoms with van der Waals surface area (Å²) in [6.07, 6.45) is 1.00. The Balaban J connectivity index is 0.000000583. The molecule has 0 bridgehead atoms. The lowest BCUT2D eigenvalue weighted by atomic mass is 10.6. The molecule has 0 radical (unpaired) electrons. The van der Waals surface area contributed by atoms with E-state index in [1.807, 2.05) is 0 Å². The van der Waals surface area contributed by atoms with E-state index in [1.165, 1.54) is 0 Å². The van der Waals surface area contributed by atoms with E-state index in [4.69, 9.17) is 21.1 Å². The van der Waals surface area contributed by atoms with Crippen LogP contribution in [-0.2, 0) is 10.4 Å². The summed E-state index contributed by atoms with van der Waals surface area (Å²) in [5, 5.41) is 10.9. The van der Waals surface area contributed by atoms with Gasteiger partial charge in [0.05, 0.1) is 11.9 Å². The summed E-state index contributed by atoms with van der Waals surface area (Å²) in [5.41, 5.74) is 10.4. The summed E-state index contributed by atoms with van der Waals surface area (Å²) in [4.78, 5) is 0.444. The van der Waals surface area contributed by atoms with Gasteiger partial charge in [0.2, 0.25) is 0 Å². The first-order chi connectivity index (χ1) is 6.80. The number of aliphatic hydroxyl groups is 1. The normalized spacial score (nSPS) is 10.3. The molecule has 0 spiro atoms. The minimum atomic E-state index is -4.59. The summed E-state index contributed by atoms with van der Waals surface area (Å²) in [6, 6.07) is 0. The largest absolute Gasteiger partial charge is 0.466 e. The van der Waals surface area contributed by atoms with Gasteiger partial charge >= 0.3 is 10.4 Å². The lowest BCUT2D eigenvalue weighted by Crippen LogP contribution is -2.19. The van der Waals surface area contributed by atoms with Gasteiger partial charge < -0.3 is 16.6 Å². The van der Waals surface area contributed by atoms with Gasteiger partial charge in [0, 0.05) is 6.61 Å². The number of hydrogen-bond acceptors (Lipinski definition) is 7. The van der Waals surface area contributed by atoms with Crippen LogP contribution in [0.3, 0.4) is 0 Å². The van der Waals surface area contributed by atoms with E-state index in [2.05, 4.69) is 9.38 Å². The zero-order chi connectivity index (χ0) is 12.1. The van der Waals surface area contributed by atoms with Crippen molar-refractivity contribution in [2.24, 2.45) is 0 Å². The zero-order valence-corrected chi connectivity index (χ0v) is 8.68. The topological polar surface area (TPSA) is 154 Å². The lowest BCUT2D eigenvalue weighted by Gasteiger charge is -1.96. The highest BCUT2D eigenvalue weighted by atomic mass is 32.3. The van der Waals surface area contributed by atoms with Crippen LogP contribution in [-0.4, -0.2) is 34.6 Å². The highest BCUT2D eigenvalue weighted by Gasteiger charge is 2.09. The van der Waals surface area contributed by atoms with Gasteiger partial charge in [-0.3, -0.25) is 4.55 Å². The van der Waals surface area contributed by atoms with Crippen LogP contribution in [0.4, 0.5) is 11.5 Å². The van der Waals surface area contributed by atoms with Crippen LogP contribution in [0.25, 0.3) is 0 Å². The van der Waals surface area contributed by atoms with Crippen molar-refractivity contribution in [2.45, 2.75) is 6.92 Å². The highest BCUT2D eigenvalue weighted by molar-refractivity contribution is 7.81. The molecule has 0 atom stereocenters. The predicted octanol–water partition coefficient (Wildman–Crippen LogP) is -1.72. The molecule has 15 heavy (non-hydrogen) atoms. The van der Waals surface area contributed by atoms with Crippen molar-refractivity contribution >= 4 is 21.9 Å². The first-order valence-corrected chi connectivity index (χ1v) is 5.05. The van der Waals surface area contributed by atoms with Crippen molar-refractivity contribution in [1.82, 2.24) is 9.94 Å². The number of anilines is 2. The van der Waals surface area contributed by atoms with Crippen molar-refractivity contribution in [2.75, 3.05) is 18.1 Å². The summed E-state index contributed by atoms with van der Waals surface area (Å²) >= 11 is 0. The van der Waals surface area contributed by atoms with Gasteiger partial charge in [0.15, 0.2) is 5.82 Å². The van der Waals surface area contributed by atoms with Gasteiger partial charge in [-0.25, -0.2) is 4.28 Å². The van der Waals surface area contributed by atoms with E-state index < -0.39 is 10.4 Å². The summed E-state index contributed by atoms with van der Waals surface area (Å²) in [6.45, 7) is 1.93. The Morgan fingerprint density at radius 2 is 2.07 bits per heavy atom. The first kappa shape index (κ1) is 13.5. The molecule has 1 rings (SSSR count). The average Bonchev–Trinajstić information content (AvgIpc) is 2.28. The maximum atomic E-state index is 10.1. The van der Waals surface area contributed by atoms with Gasteiger partial charge in [0.1, 0.15) is 0 Å². The number of aliphatic hydroxyl groups excluding tert-OH is 1. The Morgan fingerprint density at radius 3 is 2.33 bits per heavy atom. The van der Waals surface area contributed by atoms with Crippen molar-refractivity contribution < 1.29 is 22.4 Å². The molecule has 0 aromatic carbocycles. The Hall–Kier alpha value is -1.52. The average molecular weight is 240 g/mol. The third-order valence-corrected chi connectivity index (χ3v) is 1.26. The van der Waals surface area contributed by atoms with Gasteiger partial charge in [-0.1, -0.05) is 4.85 Å². The Bertz CT molecular complexity index is 380. The minimum Gasteiger partial charge on any atom is -0.397 e. The smallest absolute Gasteiger partial charge is 0.397 e. The molecule has 0 aliphatic carbocycles. The Morgan fingerprint density at radius 1 is 1.60 bits per heavy atom. The highest BCUT2D eigenvalue weighted by Crippen LogP contribution is 2.08. The Labute approximate surface area is 86.2 Å². The van der Waals surface area contributed by atoms with Crippen LogP contribution in [0.1, 0.15) is 6.92 Å².